The molecule has 2 aromatic rings. The summed E-state index contributed by atoms with van der Waals surface area (Å²) in [5.74, 6) is 0. The highest BCUT2D eigenvalue weighted by atomic mass is 31.2. The van der Waals surface area contributed by atoms with Crippen molar-refractivity contribution in [2.75, 3.05) is 7.11 Å². The van der Waals surface area contributed by atoms with Gasteiger partial charge in [-0.1, -0.05) is 60.7 Å². The summed E-state index contributed by atoms with van der Waals surface area (Å²) in [6.07, 6.45) is 0. The second-order valence-corrected chi connectivity index (χ2v) is 5.25. The zero-order chi connectivity index (χ0) is 13.3. The smallest absolute Gasteiger partial charge is 0.316 e. The first-order chi connectivity index (χ1) is 9.38. The third-order valence-electron chi connectivity index (χ3n) is 2.51. The monoisotopic (exact) mass is 276 g/mol. The Morgan fingerprint density at radius 3 is 1.53 bits per heavy atom. The van der Waals surface area contributed by atoms with Gasteiger partial charge in [-0.05, 0) is 11.1 Å². The summed E-state index contributed by atoms with van der Waals surface area (Å²) in [7, 11) is 0.293. The van der Waals surface area contributed by atoms with Gasteiger partial charge < -0.3 is 13.6 Å². The quantitative estimate of drug-likeness (QED) is 0.706. The standard InChI is InChI=1S/C15H17O3P/c1-16-19(17-12-14-8-4-2-5-9-14)18-13-15-10-6-3-7-11-15/h2-11H,12-13H2,1H3. The van der Waals surface area contributed by atoms with Crippen molar-refractivity contribution >= 4 is 8.60 Å². The number of benzene rings is 2. The molecule has 4 heteroatoms. The van der Waals surface area contributed by atoms with Gasteiger partial charge in [0.25, 0.3) is 0 Å². The van der Waals surface area contributed by atoms with Gasteiger partial charge in [-0.2, -0.15) is 0 Å². The predicted octanol–water partition coefficient (Wildman–Crippen LogP) is 4.29. The van der Waals surface area contributed by atoms with Crippen LogP contribution >= 0.6 is 8.60 Å². The molecule has 100 valence electrons. The Bertz CT molecular complexity index is 418. The molecule has 0 heterocycles. The van der Waals surface area contributed by atoms with Gasteiger partial charge in [-0.25, -0.2) is 0 Å². The van der Waals surface area contributed by atoms with Crippen LogP contribution in [0.2, 0.25) is 0 Å². The fourth-order valence-corrected chi connectivity index (χ4v) is 2.34. The lowest BCUT2D eigenvalue weighted by atomic mass is 10.2. The van der Waals surface area contributed by atoms with E-state index in [1.807, 2.05) is 60.7 Å². The van der Waals surface area contributed by atoms with Gasteiger partial charge >= 0.3 is 8.60 Å². The van der Waals surface area contributed by atoms with E-state index in [1.165, 1.54) is 0 Å². The van der Waals surface area contributed by atoms with Gasteiger partial charge in [0.2, 0.25) is 0 Å². The van der Waals surface area contributed by atoms with Crippen LogP contribution in [0.4, 0.5) is 0 Å². The van der Waals surface area contributed by atoms with Crippen LogP contribution in [-0.2, 0) is 26.8 Å². The van der Waals surface area contributed by atoms with E-state index in [2.05, 4.69) is 0 Å². The summed E-state index contributed by atoms with van der Waals surface area (Å²) in [6, 6.07) is 20.0. The molecule has 0 bridgehead atoms. The van der Waals surface area contributed by atoms with Crippen molar-refractivity contribution in [3.63, 3.8) is 0 Å². The Labute approximate surface area is 115 Å². The molecular formula is C15H17O3P. The minimum Gasteiger partial charge on any atom is -0.316 e. The van der Waals surface area contributed by atoms with E-state index in [1.54, 1.807) is 7.11 Å². The normalized spacial score (nSPS) is 10.8. The fraction of sp³-hybridized carbons (Fsp3) is 0.200. The van der Waals surface area contributed by atoms with Gasteiger partial charge in [-0.15, -0.1) is 0 Å². The first-order valence-corrected chi connectivity index (χ1v) is 7.16. The van der Waals surface area contributed by atoms with Gasteiger partial charge in [0.05, 0.1) is 13.2 Å². The Kier molecular flexibility index (Phi) is 5.99. The lowest BCUT2D eigenvalue weighted by Gasteiger charge is -2.14. The maximum atomic E-state index is 5.62. The van der Waals surface area contributed by atoms with Crippen molar-refractivity contribution in [3.8, 4) is 0 Å². The van der Waals surface area contributed by atoms with Gasteiger partial charge in [0.1, 0.15) is 0 Å². The molecule has 19 heavy (non-hydrogen) atoms. The van der Waals surface area contributed by atoms with Crippen molar-refractivity contribution < 1.29 is 13.6 Å². The van der Waals surface area contributed by atoms with E-state index in [-0.39, 0.29) is 0 Å². The molecule has 0 fully saturated rings. The summed E-state index contributed by atoms with van der Waals surface area (Å²) in [5, 5.41) is 0. The highest BCUT2D eigenvalue weighted by Gasteiger charge is 2.10. The van der Waals surface area contributed by atoms with Crippen LogP contribution in [0.3, 0.4) is 0 Å². The zero-order valence-corrected chi connectivity index (χ0v) is 11.8. The van der Waals surface area contributed by atoms with Crippen molar-refractivity contribution in [2.45, 2.75) is 13.2 Å². The molecule has 0 atom stereocenters. The van der Waals surface area contributed by atoms with Crippen LogP contribution < -0.4 is 0 Å². The molecule has 0 aliphatic carbocycles. The summed E-state index contributed by atoms with van der Waals surface area (Å²) in [6.45, 7) is 0.990. The van der Waals surface area contributed by atoms with Crippen molar-refractivity contribution in [3.05, 3.63) is 71.8 Å². The van der Waals surface area contributed by atoms with Crippen LogP contribution in [-0.4, -0.2) is 7.11 Å². The van der Waals surface area contributed by atoms with E-state index in [4.69, 9.17) is 13.6 Å². The number of hydrogen-bond acceptors (Lipinski definition) is 3. The Morgan fingerprint density at radius 1 is 0.737 bits per heavy atom. The maximum absolute atomic E-state index is 5.62. The molecule has 2 aromatic carbocycles. The molecular weight excluding hydrogens is 259 g/mol. The molecule has 3 nitrogen and oxygen atoms in total. The fourth-order valence-electron chi connectivity index (χ4n) is 1.55. The second-order valence-electron chi connectivity index (χ2n) is 3.92. The highest BCUT2D eigenvalue weighted by Crippen LogP contribution is 2.40. The summed E-state index contributed by atoms with van der Waals surface area (Å²) < 4.78 is 16.5. The number of rotatable bonds is 7. The van der Waals surface area contributed by atoms with E-state index in [9.17, 15) is 0 Å². The molecule has 0 saturated carbocycles. The first kappa shape index (κ1) is 14.2. The molecule has 0 aromatic heterocycles. The third kappa shape index (κ3) is 5.09. The maximum Gasteiger partial charge on any atom is 0.333 e. The molecule has 0 aliphatic heterocycles. The predicted molar refractivity (Wildman–Crippen MR) is 76.4 cm³/mol. The second kappa shape index (κ2) is 8.03. The lowest BCUT2D eigenvalue weighted by Crippen LogP contribution is -1.95. The molecule has 0 aliphatic rings. The lowest BCUT2D eigenvalue weighted by molar-refractivity contribution is 0.169. The van der Waals surface area contributed by atoms with E-state index < -0.39 is 8.60 Å². The van der Waals surface area contributed by atoms with Crippen LogP contribution in [0.5, 0.6) is 0 Å². The molecule has 0 spiro atoms. The van der Waals surface area contributed by atoms with Crippen molar-refractivity contribution in [1.29, 1.82) is 0 Å². The molecule has 0 N–H and O–H groups in total. The summed E-state index contributed by atoms with van der Waals surface area (Å²) in [5.41, 5.74) is 2.21. The number of hydrogen-bond donors (Lipinski definition) is 0. The molecule has 0 saturated heterocycles. The Balaban J connectivity index is 1.77. The average molecular weight is 276 g/mol. The summed E-state index contributed by atoms with van der Waals surface area (Å²) in [4.78, 5) is 0. The van der Waals surface area contributed by atoms with E-state index in [0.29, 0.717) is 13.2 Å². The minimum absolute atomic E-state index is 0.495. The minimum atomic E-state index is -1.31. The third-order valence-corrected chi connectivity index (χ3v) is 3.49. The zero-order valence-electron chi connectivity index (χ0n) is 10.9. The molecule has 2 rings (SSSR count). The highest BCUT2D eigenvalue weighted by molar-refractivity contribution is 7.41. The molecule has 0 radical (unpaired) electrons. The average Bonchev–Trinajstić information content (AvgIpc) is 2.49. The van der Waals surface area contributed by atoms with Crippen LogP contribution in [0.15, 0.2) is 60.7 Å². The Hall–Kier alpha value is -1.25. The largest absolute Gasteiger partial charge is 0.333 e. The Morgan fingerprint density at radius 2 is 1.16 bits per heavy atom. The van der Waals surface area contributed by atoms with Gasteiger partial charge in [0.15, 0.2) is 0 Å². The van der Waals surface area contributed by atoms with Gasteiger partial charge in [-0.3, -0.25) is 0 Å². The van der Waals surface area contributed by atoms with Gasteiger partial charge in [0, 0.05) is 7.11 Å². The first-order valence-electron chi connectivity index (χ1n) is 6.06. The van der Waals surface area contributed by atoms with Crippen molar-refractivity contribution in [2.24, 2.45) is 0 Å². The van der Waals surface area contributed by atoms with E-state index >= 15 is 0 Å². The van der Waals surface area contributed by atoms with Crippen LogP contribution in [0, 0.1) is 0 Å². The van der Waals surface area contributed by atoms with E-state index in [0.717, 1.165) is 11.1 Å². The van der Waals surface area contributed by atoms with Crippen LogP contribution in [0.1, 0.15) is 11.1 Å². The molecule has 0 unspecified atom stereocenters. The van der Waals surface area contributed by atoms with Crippen molar-refractivity contribution in [1.82, 2.24) is 0 Å². The SMILES string of the molecule is COP(OCc1ccccc1)OCc1ccccc1. The summed E-state index contributed by atoms with van der Waals surface area (Å²) >= 11 is 0. The van der Waals surface area contributed by atoms with Crippen LogP contribution in [0.25, 0.3) is 0 Å². The molecule has 0 amide bonds. The topological polar surface area (TPSA) is 27.7 Å².